The first-order chi connectivity index (χ1) is 10.5. The van der Waals surface area contributed by atoms with Gasteiger partial charge in [-0.3, -0.25) is 0 Å². The minimum absolute atomic E-state index is 0.228. The Balaban J connectivity index is 5.70. The Morgan fingerprint density at radius 1 is 0.440 bits per heavy atom. The van der Waals surface area contributed by atoms with E-state index in [-0.39, 0.29) is 16.2 Å². The molecule has 0 N–H and O–H groups in total. The number of hydrogen-bond acceptors (Lipinski definition) is 3. The van der Waals surface area contributed by atoms with E-state index >= 15 is 0 Å². The van der Waals surface area contributed by atoms with Crippen molar-refractivity contribution in [1.29, 1.82) is 0 Å². The van der Waals surface area contributed by atoms with E-state index in [0.717, 1.165) is 0 Å². The summed E-state index contributed by atoms with van der Waals surface area (Å²) in [6.07, 6.45) is 0. The molecule has 0 aliphatic heterocycles. The van der Waals surface area contributed by atoms with Crippen molar-refractivity contribution in [2.75, 3.05) is 0 Å². The summed E-state index contributed by atoms with van der Waals surface area (Å²) in [5, 5.41) is 0. The van der Waals surface area contributed by atoms with Crippen molar-refractivity contribution in [3.63, 3.8) is 0 Å². The molecule has 0 atom stereocenters. The average Bonchev–Trinajstić information content (AvgIpc) is 2.21. The van der Waals surface area contributed by atoms with Gasteiger partial charge in [-0.05, 0) is 0 Å². The normalized spacial score (nSPS) is 15.8. The third-order valence-corrected chi connectivity index (χ3v) is 19.4. The van der Waals surface area contributed by atoms with Gasteiger partial charge in [-0.2, -0.15) is 0 Å². The molecule has 25 heavy (non-hydrogen) atoms. The molecule has 0 rings (SSSR count). The van der Waals surface area contributed by atoms with Gasteiger partial charge in [0.1, 0.15) is 0 Å². The first kappa shape index (κ1) is 28.6. The Morgan fingerprint density at radius 2 is 0.600 bits per heavy atom. The number of alkyl halides is 6. The zero-order chi connectivity index (χ0) is 20.7. The molecule has 10 heteroatoms. The summed E-state index contributed by atoms with van der Waals surface area (Å²) >= 11 is 18.6. The molecule has 3 nitrogen and oxygen atoms in total. The van der Waals surface area contributed by atoms with Crippen molar-refractivity contribution < 1.29 is 9.05 Å². The first-order valence-corrected chi connectivity index (χ1v) is 15.4. The average molecular weight is 857 g/mol. The van der Waals surface area contributed by atoms with Crippen LogP contribution in [0.25, 0.3) is 0 Å². The molecule has 0 unspecified atom stereocenters. The molecule has 0 aromatic heterocycles. The van der Waals surface area contributed by atoms with Crippen molar-refractivity contribution in [2.45, 2.75) is 72.6 Å². The van der Waals surface area contributed by atoms with Crippen LogP contribution in [0.15, 0.2) is 0 Å². The summed E-state index contributed by atoms with van der Waals surface area (Å²) in [5.41, 5.74) is -0.684. The van der Waals surface area contributed by atoms with Crippen LogP contribution in [0.4, 0.5) is 0 Å². The van der Waals surface area contributed by atoms with E-state index in [9.17, 15) is 0 Å². The third-order valence-electron chi connectivity index (χ3n) is 3.19. The molecule has 0 aliphatic carbocycles. The van der Waals surface area contributed by atoms with E-state index in [1.54, 1.807) is 0 Å². The third kappa shape index (κ3) is 8.69. The molecule has 0 saturated heterocycles. The van der Waals surface area contributed by atoms with Gasteiger partial charge in [0.2, 0.25) is 0 Å². The van der Waals surface area contributed by atoms with E-state index in [1.807, 2.05) is 0 Å². The molecular weight excluding hydrogens is 829 g/mol. The van der Waals surface area contributed by atoms with Crippen molar-refractivity contribution >= 4 is 117 Å². The Hall–Kier alpha value is 3.58. The van der Waals surface area contributed by atoms with Crippen LogP contribution in [0.3, 0.4) is 0 Å². The van der Waals surface area contributed by atoms with Crippen molar-refractivity contribution in [3.05, 3.63) is 0 Å². The maximum absolute atomic E-state index is 6.32. The van der Waals surface area contributed by atoms with E-state index in [4.69, 9.17) is 9.05 Å². The van der Waals surface area contributed by atoms with Crippen LogP contribution in [0.2, 0.25) is 0 Å². The second-order valence-electron chi connectivity index (χ2n) is 8.80. The first-order valence-electron chi connectivity index (χ1n) is 7.54. The molecule has 0 aliphatic rings. The van der Waals surface area contributed by atoms with Gasteiger partial charge in [0, 0.05) is 0 Å². The van der Waals surface area contributed by atoms with Gasteiger partial charge in [0.05, 0.1) is 0 Å². The van der Waals surface area contributed by atoms with Gasteiger partial charge < -0.3 is 0 Å². The molecular formula is C15H27Br6O3Sb. The molecule has 0 saturated carbocycles. The monoisotopic (exact) mass is 850 g/mol. The molecule has 0 aromatic rings. The fourth-order valence-electron chi connectivity index (χ4n) is 0.748. The molecule has 0 fully saturated rings. The zero-order valence-electron chi connectivity index (χ0n) is 15.9. The van der Waals surface area contributed by atoms with Crippen LogP contribution in [0, 0.1) is 16.2 Å². The second kappa shape index (κ2) is 9.38. The van der Waals surface area contributed by atoms with Crippen LogP contribution >= 0.6 is 95.6 Å². The second-order valence-corrected chi connectivity index (χ2v) is 21.5. The molecule has 0 spiro atoms. The molecule has 0 aromatic carbocycles. The van der Waals surface area contributed by atoms with Gasteiger partial charge >= 0.3 is 215 Å². The van der Waals surface area contributed by atoms with E-state index in [0.29, 0.717) is 0 Å². The molecule has 0 radical (unpaired) electrons. The zero-order valence-corrected chi connectivity index (χ0v) is 28.0. The van der Waals surface area contributed by atoms with E-state index in [2.05, 4.69) is 158 Å². The predicted molar refractivity (Wildman–Crippen MR) is 129 cm³/mol. The SMILES string of the molecule is CC(C)(C)C(Br)(Br)[O][Sb]([O]C(Br)(Br)C(C)(C)C)[O]C(Br)(Br)C(C)(C)C. The van der Waals surface area contributed by atoms with Crippen molar-refractivity contribution in [1.82, 2.24) is 0 Å². The summed E-state index contributed by atoms with van der Waals surface area (Å²) < 4.78 is 16.6. The van der Waals surface area contributed by atoms with Gasteiger partial charge in [0.15, 0.2) is 0 Å². The number of hydrogen-bond donors (Lipinski definition) is 0. The summed E-state index contributed by atoms with van der Waals surface area (Å²) in [6.45, 7) is 18.6. The quantitative estimate of drug-likeness (QED) is 0.198. The summed E-state index contributed by atoms with van der Waals surface area (Å²) in [6, 6.07) is 0. The van der Waals surface area contributed by atoms with Crippen LogP contribution < -0.4 is 0 Å². The van der Waals surface area contributed by atoms with Crippen LogP contribution in [-0.2, 0) is 9.05 Å². The van der Waals surface area contributed by atoms with Gasteiger partial charge in [-0.25, -0.2) is 0 Å². The number of halogens is 6. The van der Waals surface area contributed by atoms with Crippen LogP contribution in [0.1, 0.15) is 62.3 Å². The van der Waals surface area contributed by atoms with Gasteiger partial charge in [0.25, 0.3) is 0 Å². The molecule has 152 valence electrons. The van der Waals surface area contributed by atoms with E-state index < -0.39 is 31.7 Å². The topological polar surface area (TPSA) is 27.7 Å². The fourth-order valence-corrected chi connectivity index (χ4v) is 9.77. The standard InChI is InChI=1S/3C5H9Br2O.Sb/c3*1-4(2,3)5(6,7)8;/h3*1-3H3;/q3*-1;+3. The van der Waals surface area contributed by atoms with Gasteiger partial charge in [-0.1, -0.05) is 0 Å². The Kier molecular flexibility index (Phi) is 10.7. The van der Waals surface area contributed by atoms with E-state index in [1.165, 1.54) is 0 Å². The summed E-state index contributed by atoms with van der Waals surface area (Å²) in [7, 11) is 0. The Morgan fingerprint density at radius 3 is 0.720 bits per heavy atom. The fraction of sp³-hybridized carbons (Fsp3) is 1.00. The number of rotatable bonds is 6. The summed E-state index contributed by atoms with van der Waals surface area (Å²) in [5.74, 6) is 0. The van der Waals surface area contributed by atoms with Gasteiger partial charge in [-0.15, -0.1) is 0 Å². The molecule has 0 heterocycles. The maximum atomic E-state index is 6.32. The van der Waals surface area contributed by atoms with Crippen molar-refractivity contribution in [2.24, 2.45) is 16.2 Å². The molecule has 0 amide bonds. The van der Waals surface area contributed by atoms with Crippen LogP contribution in [0.5, 0.6) is 0 Å². The Bertz CT molecular complexity index is 383. The Labute approximate surface area is 212 Å². The van der Waals surface area contributed by atoms with Crippen molar-refractivity contribution in [3.8, 4) is 0 Å². The molecule has 0 bridgehead atoms. The minimum atomic E-state index is -3.22. The van der Waals surface area contributed by atoms with Crippen LogP contribution in [-0.4, -0.2) is 31.7 Å². The predicted octanol–water partition coefficient (Wildman–Crippen LogP) is 8.49. The summed E-state index contributed by atoms with van der Waals surface area (Å²) in [4.78, 5) is 0.